The number of anilines is 1. The van der Waals surface area contributed by atoms with Crippen molar-refractivity contribution in [3.05, 3.63) is 28.0 Å². The number of nitrogens with zero attached hydrogens (tertiary/aromatic N) is 2. The van der Waals surface area contributed by atoms with E-state index in [4.69, 9.17) is 5.26 Å². The van der Waals surface area contributed by atoms with Crippen LogP contribution in [-0.2, 0) is 4.79 Å². The lowest BCUT2D eigenvalue weighted by atomic mass is 10.0. The third-order valence-corrected chi connectivity index (χ3v) is 4.20. The summed E-state index contributed by atoms with van der Waals surface area (Å²) in [6.45, 7) is 2.87. The van der Waals surface area contributed by atoms with Gasteiger partial charge in [-0.2, -0.15) is 5.26 Å². The molecule has 6 heteroatoms. The van der Waals surface area contributed by atoms with Gasteiger partial charge in [-0.15, -0.1) is 0 Å². The van der Waals surface area contributed by atoms with Gasteiger partial charge in [0.25, 0.3) is 0 Å². The maximum absolute atomic E-state index is 14.2. The second kappa shape index (κ2) is 6.23. The number of halogens is 2. The van der Waals surface area contributed by atoms with Crippen molar-refractivity contribution in [2.75, 3.05) is 18.0 Å². The summed E-state index contributed by atoms with van der Waals surface area (Å²) in [7, 11) is 0. The van der Waals surface area contributed by atoms with Crippen LogP contribution in [0.15, 0.2) is 16.6 Å². The SMILES string of the molecule is CC(=O)NC1CCN(c2ccc(C#N)c(Br)c2F)CC1. The molecular weight excluding hydrogens is 325 g/mol. The van der Waals surface area contributed by atoms with Gasteiger partial charge in [-0.05, 0) is 40.9 Å². The van der Waals surface area contributed by atoms with Gasteiger partial charge >= 0.3 is 0 Å². The summed E-state index contributed by atoms with van der Waals surface area (Å²) < 4.78 is 14.4. The van der Waals surface area contributed by atoms with E-state index in [9.17, 15) is 9.18 Å². The zero-order chi connectivity index (χ0) is 14.7. The molecule has 0 aromatic heterocycles. The first-order valence-corrected chi connectivity index (χ1v) is 7.22. The van der Waals surface area contributed by atoms with Crippen LogP contribution in [0.3, 0.4) is 0 Å². The Hall–Kier alpha value is -1.61. The van der Waals surface area contributed by atoms with E-state index in [2.05, 4.69) is 21.2 Å². The van der Waals surface area contributed by atoms with Crippen molar-refractivity contribution in [3.8, 4) is 6.07 Å². The molecule has 1 aliphatic heterocycles. The topological polar surface area (TPSA) is 56.1 Å². The Bertz CT molecular complexity index is 562. The zero-order valence-electron chi connectivity index (χ0n) is 11.1. The Morgan fingerprint density at radius 2 is 2.15 bits per heavy atom. The number of hydrogen-bond donors (Lipinski definition) is 1. The van der Waals surface area contributed by atoms with Crippen LogP contribution in [0.4, 0.5) is 10.1 Å². The van der Waals surface area contributed by atoms with Gasteiger partial charge in [-0.25, -0.2) is 4.39 Å². The summed E-state index contributed by atoms with van der Waals surface area (Å²) >= 11 is 3.12. The van der Waals surface area contributed by atoms with Gasteiger partial charge in [0.05, 0.1) is 15.7 Å². The second-order valence-corrected chi connectivity index (χ2v) is 5.63. The van der Waals surface area contributed by atoms with E-state index in [0.29, 0.717) is 24.3 Å². The lowest BCUT2D eigenvalue weighted by Crippen LogP contribution is -2.44. The lowest BCUT2D eigenvalue weighted by molar-refractivity contribution is -0.119. The fourth-order valence-electron chi connectivity index (χ4n) is 2.42. The number of amides is 1. The third kappa shape index (κ3) is 3.10. The molecule has 1 fully saturated rings. The average molecular weight is 340 g/mol. The van der Waals surface area contributed by atoms with Crippen molar-refractivity contribution in [2.24, 2.45) is 0 Å². The third-order valence-electron chi connectivity index (χ3n) is 3.43. The Balaban J connectivity index is 2.10. The Labute approximate surface area is 125 Å². The van der Waals surface area contributed by atoms with Gasteiger partial charge in [0.1, 0.15) is 6.07 Å². The highest BCUT2D eigenvalue weighted by atomic mass is 79.9. The molecule has 0 radical (unpaired) electrons. The van der Waals surface area contributed by atoms with Gasteiger partial charge in [0.2, 0.25) is 5.91 Å². The zero-order valence-corrected chi connectivity index (χ0v) is 12.7. The van der Waals surface area contributed by atoms with Crippen molar-refractivity contribution >= 4 is 27.5 Å². The number of hydrogen-bond acceptors (Lipinski definition) is 3. The number of nitriles is 1. The fourth-order valence-corrected chi connectivity index (χ4v) is 2.85. The van der Waals surface area contributed by atoms with Crippen LogP contribution in [0.2, 0.25) is 0 Å². The molecule has 0 spiro atoms. The predicted molar refractivity (Wildman–Crippen MR) is 77.9 cm³/mol. The highest BCUT2D eigenvalue weighted by Crippen LogP contribution is 2.30. The van der Waals surface area contributed by atoms with Crippen molar-refractivity contribution in [2.45, 2.75) is 25.8 Å². The van der Waals surface area contributed by atoms with Gasteiger partial charge in [-0.1, -0.05) is 0 Å². The highest BCUT2D eigenvalue weighted by molar-refractivity contribution is 9.10. The minimum absolute atomic E-state index is 0.0317. The van der Waals surface area contributed by atoms with Gasteiger partial charge in [-0.3, -0.25) is 4.79 Å². The van der Waals surface area contributed by atoms with Crippen LogP contribution in [0.5, 0.6) is 0 Å². The molecule has 1 aromatic rings. The molecule has 0 bridgehead atoms. The Kier molecular flexibility index (Phi) is 4.61. The molecule has 0 atom stereocenters. The first-order chi connectivity index (χ1) is 9.52. The molecule has 0 aliphatic carbocycles. The summed E-state index contributed by atoms with van der Waals surface area (Å²) in [4.78, 5) is 13.0. The quantitative estimate of drug-likeness (QED) is 0.900. The van der Waals surface area contributed by atoms with Crippen molar-refractivity contribution in [1.82, 2.24) is 5.32 Å². The average Bonchev–Trinajstić information content (AvgIpc) is 2.42. The van der Waals surface area contributed by atoms with Crippen LogP contribution in [0.25, 0.3) is 0 Å². The van der Waals surface area contributed by atoms with Crippen LogP contribution >= 0.6 is 15.9 Å². The van der Waals surface area contributed by atoms with Crippen LogP contribution in [0.1, 0.15) is 25.3 Å². The minimum atomic E-state index is -0.401. The molecule has 106 valence electrons. The fraction of sp³-hybridized carbons (Fsp3) is 0.429. The van der Waals surface area contributed by atoms with Gasteiger partial charge in [0, 0.05) is 26.1 Å². The van der Waals surface area contributed by atoms with E-state index in [0.717, 1.165) is 12.8 Å². The maximum Gasteiger partial charge on any atom is 0.217 e. The van der Waals surface area contributed by atoms with Gasteiger partial charge in [0.15, 0.2) is 5.82 Å². The lowest BCUT2D eigenvalue weighted by Gasteiger charge is -2.34. The molecule has 1 aliphatic rings. The molecule has 1 amide bonds. The first-order valence-electron chi connectivity index (χ1n) is 6.43. The Morgan fingerprint density at radius 3 is 2.70 bits per heavy atom. The van der Waals surface area contributed by atoms with E-state index < -0.39 is 5.82 Å². The van der Waals surface area contributed by atoms with E-state index >= 15 is 0 Å². The minimum Gasteiger partial charge on any atom is -0.369 e. The monoisotopic (exact) mass is 339 g/mol. The van der Waals surface area contributed by atoms with Crippen LogP contribution < -0.4 is 10.2 Å². The molecule has 20 heavy (non-hydrogen) atoms. The highest BCUT2D eigenvalue weighted by Gasteiger charge is 2.23. The van der Waals surface area contributed by atoms with Crippen LogP contribution in [-0.4, -0.2) is 25.0 Å². The normalized spacial score (nSPS) is 15.8. The van der Waals surface area contributed by atoms with Crippen molar-refractivity contribution in [1.29, 1.82) is 5.26 Å². The van der Waals surface area contributed by atoms with Crippen LogP contribution in [0, 0.1) is 17.1 Å². The van der Waals surface area contributed by atoms with Crippen molar-refractivity contribution in [3.63, 3.8) is 0 Å². The number of nitrogens with one attached hydrogen (secondary N) is 1. The van der Waals surface area contributed by atoms with E-state index in [1.54, 1.807) is 12.1 Å². The summed E-state index contributed by atoms with van der Waals surface area (Å²) in [6, 6.07) is 5.35. The van der Waals surface area contributed by atoms with E-state index in [1.165, 1.54) is 6.92 Å². The molecule has 0 unspecified atom stereocenters. The van der Waals surface area contributed by atoms with Crippen molar-refractivity contribution < 1.29 is 9.18 Å². The molecular formula is C14H15BrFN3O. The molecule has 1 saturated heterocycles. The van der Waals surface area contributed by atoms with E-state index in [-0.39, 0.29) is 16.4 Å². The maximum atomic E-state index is 14.2. The number of piperidine rings is 1. The molecule has 0 saturated carbocycles. The predicted octanol–water partition coefficient (Wildman–Crippen LogP) is 2.56. The standard InChI is InChI=1S/C14H15BrFN3O/c1-9(20)18-11-4-6-19(7-5-11)12-3-2-10(8-17)13(15)14(12)16/h2-3,11H,4-7H2,1H3,(H,18,20). The van der Waals surface area contributed by atoms with E-state index in [1.807, 2.05) is 11.0 Å². The molecule has 1 heterocycles. The molecule has 1 N–H and O–H groups in total. The number of benzene rings is 1. The molecule has 1 aromatic carbocycles. The summed E-state index contributed by atoms with van der Waals surface area (Å²) in [5.74, 6) is -0.433. The first kappa shape index (κ1) is 14.8. The summed E-state index contributed by atoms with van der Waals surface area (Å²) in [5.41, 5.74) is 0.788. The second-order valence-electron chi connectivity index (χ2n) is 4.83. The summed E-state index contributed by atoms with van der Waals surface area (Å²) in [5, 5.41) is 11.7. The Morgan fingerprint density at radius 1 is 1.50 bits per heavy atom. The smallest absolute Gasteiger partial charge is 0.217 e. The number of carbonyl (C=O) groups excluding carboxylic acids is 1. The largest absolute Gasteiger partial charge is 0.369 e. The number of rotatable bonds is 2. The number of carbonyl (C=O) groups is 1. The van der Waals surface area contributed by atoms with Gasteiger partial charge < -0.3 is 10.2 Å². The molecule has 2 rings (SSSR count). The molecule has 4 nitrogen and oxygen atoms in total. The summed E-state index contributed by atoms with van der Waals surface area (Å²) in [6.07, 6.45) is 1.58.